The summed E-state index contributed by atoms with van der Waals surface area (Å²) in [7, 11) is -4.16. The number of nitrogens with one attached hydrogen (secondary N) is 1. The lowest BCUT2D eigenvalue weighted by Gasteiger charge is -2.34. The van der Waals surface area contributed by atoms with E-state index in [0.29, 0.717) is 16.7 Å². The van der Waals surface area contributed by atoms with E-state index in [2.05, 4.69) is 37.2 Å². The fraction of sp³-hybridized carbons (Fsp3) is 0.257. The van der Waals surface area contributed by atoms with Crippen LogP contribution in [-0.2, 0) is 32.6 Å². The number of nitrogens with zero attached hydrogens (tertiary/aromatic N) is 2. The van der Waals surface area contributed by atoms with Crippen molar-refractivity contribution < 1.29 is 18.0 Å². The molecule has 4 rings (SSSR count). The number of amides is 2. The third kappa shape index (κ3) is 9.51. The van der Waals surface area contributed by atoms with Gasteiger partial charge in [-0.15, -0.1) is 0 Å². The van der Waals surface area contributed by atoms with Crippen LogP contribution in [0.3, 0.4) is 0 Å². The molecule has 0 radical (unpaired) electrons. The number of sulfonamides is 1. The molecule has 236 valence electrons. The van der Waals surface area contributed by atoms with Crippen molar-refractivity contribution in [1.82, 2.24) is 10.2 Å². The van der Waals surface area contributed by atoms with Gasteiger partial charge in [0.15, 0.2) is 0 Å². The predicted molar refractivity (Wildman–Crippen MR) is 186 cm³/mol. The van der Waals surface area contributed by atoms with Gasteiger partial charge in [-0.2, -0.15) is 0 Å². The molecule has 0 aliphatic rings. The normalized spacial score (nSPS) is 11.9. The molecule has 0 aromatic heterocycles. The quantitative estimate of drug-likeness (QED) is 0.137. The topological polar surface area (TPSA) is 86.8 Å². The van der Waals surface area contributed by atoms with Crippen LogP contribution < -0.4 is 9.62 Å². The molecule has 1 atom stereocenters. The number of unbranched alkanes of at least 4 members (excludes halogenated alkanes) is 1. The number of hydrogen-bond donors (Lipinski definition) is 1. The highest BCUT2D eigenvalue weighted by atomic mass is 79.9. The number of rotatable bonds is 14. The van der Waals surface area contributed by atoms with Crippen molar-refractivity contribution in [2.24, 2.45) is 0 Å². The van der Waals surface area contributed by atoms with E-state index in [1.807, 2.05) is 68.4 Å². The fourth-order valence-corrected chi connectivity index (χ4v) is 7.13. The molecule has 0 unspecified atom stereocenters. The van der Waals surface area contributed by atoms with Crippen LogP contribution >= 0.6 is 31.9 Å². The number of anilines is 1. The van der Waals surface area contributed by atoms with E-state index in [4.69, 9.17) is 0 Å². The second kappa shape index (κ2) is 16.2. The van der Waals surface area contributed by atoms with Gasteiger partial charge >= 0.3 is 0 Å². The van der Waals surface area contributed by atoms with Gasteiger partial charge in [-0.25, -0.2) is 8.42 Å². The predicted octanol–water partition coefficient (Wildman–Crippen LogP) is 7.27. The highest BCUT2D eigenvalue weighted by Gasteiger charge is 2.34. The molecule has 45 heavy (non-hydrogen) atoms. The molecule has 0 aliphatic carbocycles. The molecular formula is C35H37Br2N3O4S. The molecule has 4 aromatic rings. The van der Waals surface area contributed by atoms with E-state index >= 15 is 0 Å². The number of hydrogen-bond acceptors (Lipinski definition) is 4. The first-order valence-electron chi connectivity index (χ1n) is 14.8. The molecule has 0 spiro atoms. The van der Waals surface area contributed by atoms with Crippen LogP contribution in [0.5, 0.6) is 0 Å². The van der Waals surface area contributed by atoms with E-state index in [0.717, 1.165) is 38.3 Å². The van der Waals surface area contributed by atoms with E-state index < -0.39 is 28.5 Å². The summed E-state index contributed by atoms with van der Waals surface area (Å²) in [5.41, 5.74) is 2.92. The van der Waals surface area contributed by atoms with E-state index in [-0.39, 0.29) is 23.8 Å². The molecule has 10 heteroatoms. The Morgan fingerprint density at radius 3 is 2.11 bits per heavy atom. The first-order valence-corrected chi connectivity index (χ1v) is 17.8. The molecule has 0 saturated carbocycles. The lowest BCUT2D eigenvalue weighted by molar-refractivity contribution is -0.140. The van der Waals surface area contributed by atoms with Crippen molar-refractivity contribution in [2.75, 3.05) is 17.4 Å². The smallest absolute Gasteiger partial charge is 0.264 e. The monoisotopic (exact) mass is 753 g/mol. The number of aryl methyl sites for hydroxylation is 1. The summed E-state index contributed by atoms with van der Waals surface area (Å²) in [6.07, 6.45) is 1.97. The van der Waals surface area contributed by atoms with Crippen LogP contribution in [0.2, 0.25) is 0 Å². The minimum Gasteiger partial charge on any atom is -0.354 e. The van der Waals surface area contributed by atoms with Crippen LogP contribution in [0.15, 0.2) is 117 Å². The minimum absolute atomic E-state index is 0.0672. The molecular weight excluding hydrogens is 718 g/mol. The Kier molecular flexibility index (Phi) is 12.4. The summed E-state index contributed by atoms with van der Waals surface area (Å²) in [5, 5.41) is 3.01. The summed E-state index contributed by atoms with van der Waals surface area (Å²) in [6.45, 7) is 4.00. The zero-order chi connectivity index (χ0) is 32.4. The standard InChI is InChI=1S/C35H37Br2N3O4S/c1-3-4-20-38-35(42)33(22-27-10-6-5-7-11-27)39(24-28-12-8-13-29(36)21-28)34(41)25-40(31-15-9-14-30(37)23-31)45(43,44)32-18-16-26(2)17-19-32/h5-19,21,23,33H,3-4,20,22,24-25H2,1-2H3,(H,38,42)/t33-/m1/s1. The van der Waals surface area contributed by atoms with E-state index in [1.165, 1.54) is 4.90 Å². The second-order valence-corrected chi connectivity index (χ2v) is 14.5. The van der Waals surface area contributed by atoms with Gasteiger partial charge in [0.25, 0.3) is 10.0 Å². The average Bonchev–Trinajstić information content (AvgIpc) is 3.02. The number of carbonyl (C=O) groups is 2. The van der Waals surface area contributed by atoms with Crippen LogP contribution in [-0.4, -0.2) is 44.3 Å². The SMILES string of the molecule is CCCCNC(=O)[C@@H](Cc1ccccc1)N(Cc1cccc(Br)c1)C(=O)CN(c1cccc(Br)c1)S(=O)(=O)c1ccc(C)cc1. The molecule has 4 aromatic carbocycles. The lowest BCUT2D eigenvalue weighted by atomic mass is 10.0. The average molecular weight is 756 g/mol. The second-order valence-electron chi connectivity index (χ2n) is 10.8. The van der Waals surface area contributed by atoms with E-state index in [1.54, 1.807) is 48.5 Å². The van der Waals surface area contributed by atoms with Gasteiger partial charge in [-0.1, -0.05) is 111 Å². The molecule has 7 nitrogen and oxygen atoms in total. The molecule has 2 amide bonds. The van der Waals surface area contributed by atoms with Crippen molar-refractivity contribution in [3.63, 3.8) is 0 Å². The Morgan fingerprint density at radius 1 is 0.822 bits per heavy atom. The first-order chi connectivity index (χ1) is 21.6. The van der Waals surface area contributed by atoms with E-state index in [9.17, 15) is 18.0 Å². The van der Waals surface area contributed by atoms with Crippen LogP contribution in [0.4, 0.5) is 5.69 Å². The number of carbonyl (C=O) groups excluding carboxylic acids is 2. The Labute approximate surface area is 283 Å². The molecule has 0 heterocycles. The highest BCUT2D eigenvalue weighted by Crippen LogP contribution is 2.28. The fourth-order valence-electron chi connectivity index (χ4n) is 4.89. The number of halogens is 2. The number of benzene rings is 4. The van der Waals surface area contributed by atoms with Gasteiger partial charge in [0, 0.05) is 28.5 Å². The summed E-state index contributed by atoms with van der Waals surface area (Å²) in [4.78, 5) is 29.9. The maximum atomic E-state index is 14.5. The van der Waals surface area contributed by atoms with Crippen molar-refractivity contribution >= 4 is 59.4 Å². The summed E-state index contributed by atoms with van der Waals surface area (Å²) in [5.74, 6) is -0.789. The molecule has 1 N–H and O–H groups in total. The molecule has 0 aliphatic heterocycles. The zero-order valence-corrected chi connectivity index (χ0v) is 29.3. The Hall–Kier alpha value is -3.47. The van der Waals surface area contributed by atoms with Gasteiger partial charge in [0.1, 0.15) is 12.6 Å². The Morgan fingerprint density at radius 2 is 1.47 bits per heavy atom. The summed E-state index contributed by atoms with van der Waals surface area (Å²) in [6, 6.07) is 29.5. The minimum atomic E-state index is -4.16. The Balaban J connectivity index is 1.79. The highest BCUT2D eigenvalue weighted by molar-refractivity contribution is 9.10. The van der Waals surface area contributed by atoms with Gasteiger partial charge in [-0.3, -0.25) is 13.9 Å². The summed E-state index contributed by atoms with van der Waals surface area (Å²) >= 11 is 6.96. The molecule has 0 fully saturated rings. The largest absolute Gasteiger partial charge is 0.354 e. The van der Waals surface area contributed by atoms with Crippen molar-refractivity contribution in [2.45, 2.75) is 50.6 Å². The zero-order valence-electron chi connectivity index (χ0n) is 25.3. The third-order valence-electron chi connectivity index (χ3n) is 7.33. The van der Waals surface area contributed by atoms with Crippen molar-refractivity contribution in [1.29, 1.82) is 0 Å². The summed E-state index contributed by atoms with van der Waals surface area (Å²) < 4.78 is 30.9. The maximum Gasteiger partial charge on any atom is 0.264 e. The van der Waals surface area contributed by atoms with Gasteiger partial charge in [-0.05, 0) is 66.9 Å². The maximum absolute atomic E-state index is 14.5. The van der Waals surface area contributed by atoms with Crippen LogP contribution in [0.1, 0.15) is 36.5 Å². The molecule has 0 bridgehead atoms. The van der Waals surface area contributed by atoms with Crippen LogP contribution in [0.25, 0.3) is 0 Å². The Bertz CT molecular complexity index is 1700. The first kappa shape index (κ1) is 34.4. The van der Waals surface area contributed by atoms with Gasteiger partial charge < -0.3 is 10.2 Å². The van der Waals surface area contributed by atoms with Crippen LogP contribution in [0, 0.1) is 6.92 Å². The van der Waals surface area contributed by atoms with Crippen molar-refractivity contribution in [3.05, 3.63) is 129 Å². The molecule has 0 saturated heterocycles. The lowest BCUT2D eigenvalue weighted by Crippen LogP contribution is -2.53. The van der Waals surface area contributed by atoms with Gasteiger partial charge in [0.2, 0.25) is 11.8 Å². The van der Waals surface area contributed by atoms with Gasteiger partial charge in [0.05, 0.1) is 10.6 Å². The third-order valence-corrected chi connectivity index (χ3v) is 10.1. The van der Waals surface area contributed by atoms with Crippen molar-refractivity contribution in [3.8, 4) is 0 Å².